The van der Waals surface area contributed by atoms with E-state index >= 15 is 0 Å². The predicted molar refractivity (Wildman–Crippen MR) is 69.6 cm³/mol. The van der Waals surface area contributed by atoms with Crippen molar-refractivity contribution in [3.05, 3.63) is 41.9 Å². The second-order valence-corrected chi connectivity index (χ2v) is 4.62. The lowest BCUT2D eigenvalue weighted by molar-refractivity contribution is -0.274. The zero-order valence-electron chi connectivity index (χ0n) is 10.9. The molecular weight excluding hydrogens is 283 g/mol. The third-order valence-corrected chi connectivity index (χ3v) is 3.24. The van der Waals surface area contributed by atoms with Gasteiger partial charge in [0.1, 0.15) is 12.1 Å². The van der Waals surface area contributed by atoms with Crippen molar-refractivity contribution < 1.29 is 17.9 Å². The maximum Gasteiger partial charge on any atom is 0.573 e. The Kier molecular flexibility index (Phi) is 3.50. The molecule has 3 rings (SSSR count). The number of para-hydroxylation sites is 1. The Morgan fingerprint density at radius 3 is 2.76 bits per heavy atom. The van der Waals surface area contributed by atoms with E-state index < -0.39 is 6.36 Å². The molecule has 7 heteroatoms. The van der Waals surface area contributed by atoms with E-state index in [-0.39, 0.29) is 5.75 Å². The van der Waals surface area contributed by atoms with Crippen LogP contribution in [0.1, 0.15) is 11.3 Å². The molecule has 1 N–H and O–H groups in total. The third-order valence-electron chi connectivity index (χ3n) is 3.24. The Hall–Kier alpha value is -2.15. The molecule has 1 aromatic carbocycles. The Bertz CT molecular complexity index is 658. The van der Waals surface area contributed by atoms with Gasteiger partial charge in [0, 0.05) is 30.6 Å². The van der Waals surface area contributed by atoms with E-state index in [1.54, 1.807) is 12.1 Å². The highest BCUT2D eigenvalue weighted by molar-refractivity contribution is 5.70. The summed E-state index contributed by atoms with van der Waals surface area (Å²) in [6, 6.07) is 6.01. The Morgan fingerprint density at radius 1 is 1.14 bits per heavy atom. The first kappa shape index (κ1) is 13.8. The number of ether oxygens (including phenoxy) is 1. The SMILES string of the molecule is FC(F)(F)Oc1ccccc1-c1ncnc2c1CNCC2. The smallest absolute Gasteiger partial charge is 0.405 e. The molecule has 1 aliphatic rings. The summed E-state index contributed by atoms with van der Waals surface area (Å²) in [4.78, 5) is 8.35. The van der Waals surface area contributed by atoms with Crippen LogP contribution in [0.25, 0.3) is 11.3 Å². The normalized spacial score (nSPS) is 14.6. The highest BCUT2D eigenvalue weighted by Gasteiger charge is 2.32. The van der Waals surface area contributed by atoms with Crippen LogP contribution in [0.15, 0.2) is 30.6 Å². The van der Waals surface area contributed by atoms with E-state index in [2.05, 4.69) is 20.0 Å². The Balaban J connectivity index is 2.09. The van der Waals surface area contributed by atoms with Crippen molar-refractivity contribution in [2.75, 3.05) is 6.54 Å². The number of hydrogen-bond acceptors (Lipinski definition) is 4. The number of aromatic nitrogens is 2. The van der Waals surface area contributed by atoms with Crippen LogP contribution in [-0.2, 0) is 13.0 Å². The molecule has 1 aromatic heterocycles. The number of nitrogens with one attached hydrogen (secondary N) is 1. The number of halogens is 3. The second-order valence-electron chi connectivity index (χ2n) is 4.62. The Morgan fingerprint density at radius 2 is 1.95 bits per heavy atom. The maximum absolute atomic E-state index is 12.5. The number of fused-ring (bicyclic) bond motifs is 1. The van der Waals surface area contributed by atoms with Gasteiger partial charge in [0.25, 0.3) is 0 Å². The molecule has 0 unspecified atom stereocenters. The fourth-order valence-electron chi connectivity index (χ4n) is 2.38. The predicted octanol–water partition coefficient (Wildman–Crippen LogP) is 2.69. The number of rotatable bonds is 2. The molecule has 4 nitrogen and oxygen atoms in total. The summed E-state index contributed by atoms with van der Waals surface area (Å²) in [7, 11) is 0. The summed E-state index contributed by atoms with van der Waals surface area (Å²) in [6.45, 7) is 1.33. The van der Waals surface area contributed by atoms with Gasteiger partial charge in [-0.25, -0.2) is 9.97 Å². The third kappa shape index (κ3) is 2.97. The Labute approximate surface area is 119 Å². The number of benzene rings is 1. The minimum atomic E-state index is -4.73. The van der Waals surface area contributed by atoms with Crippen molar-refractivity contribution in [3.63, 3.8) is 0 Å². The van der Waals surface area contributed by atoms with Crippen molar-refractivity contribution in [1.29, 1.82) is 0 Å². The standard InChI is InChI=1S/C14H12F3N3O/c15-14(16,17)21-12-4-2-1-3-9(12)13-10-7-18-6-5-11(10)19-8-20-13/h1-4,8,18H,5-7H2. The summed E-state index contributed by atoms with van der Waals surface area (Å²) in [5.74, 6) is -0.253. The average molecular weight is 295 g/mol. The van der Waals surface area contributed by atoms with E-state index in [1.165, 1.54) is 18.5 Å². The van der Waals surface area contributed by atoms with E-state index in [0.717, 1.165) is 24.2 Å². The molecule has 0 amide bonds. The average Bonchev–Trinajstić information content (AvgIpc) is 2.46. The minimum Gasteiger partial charge on any atom is -0.405 e. The lowest BCUT2D eigenvalue weighted by Gasteiger charge is -2.20. The lowest BCUT2D eigenvalue weighted by Crippen LogP contribution is -2.25. The molecule has 0 radical (unpaired) electrons. The first-order valence-corrected chi connectivity index (χ1v) is 6.43. The summed E-state index contributed by atoms with van der Waals surface area (Å²) in [5.41, 5.74) is 2.48. The molecule has 0 bridgehead atoms. The van der Waals surface area contributed by atoms with Crippen molar-refractivity contribution in [2.24, 2.45) is 0 Å². The fourth-order valence-corrected chi connectivity index (χ4v) is 2.38. The molecule has 0 saturated heterocycles. The van der Waals surface area contributed by atoms with E-state index in [1.807, 2.05) is 0 Å². The van der Waals surface area contributed by atoms with E-state index in [4.69, 9.17) is 0 Å². The van der Waals surface area contributed by atoms with Crippen LogP contribution in [0.3, 0.4) is 0 Å². The molecule has 21 heavy (non-hydrogen) atoms. The maximum atomic E-state index is 12.5. The summed E-state index contributed by atoms with van der Waals surface area (Å²) in [6.07, 6.45) is -2.63. The second kappa shape index (κ2) is 5.33. The first-order chi connectivity index (χ1) is 10.0. The van der Waals surface area contributed by atoms with Crippen LogP contribution < -0.4 is 10.1 Å². The fraction of sp³-hybridized carbons (Fsp3) is 0.286. The largest absolute Gasteiger partial charge is 0.573 e. The summed E-state index contributed by atoms with van der Waals surface area (Å²) >= 11 is 0. The first-order valence-electron chi connectivity index (χ1n) is 6.43. The van der Waals surface area contributed by atoms with Gasteiger partial charge in [-0.05, 0) is 12.1 Å². The number of nitrogens with zero attached hydrogens (tertiary/aromatic N) is 2. The van der Waals surface area contributed by atoms with Gasteiger partial charge in [-0.3, -0.25) is 0 Å². The summed E-state index contributed by atoms with van der Waals surface area (Å²) < 4.78 is 41.6. The molecule has 0 aliphatic carbocycles. The van der Waals surface area contributed by atoms with Crippen molar-refractivity contribution in [1.82, 2.24) is 15.3 Å². The van der Waals surface area contributed by atoms with Crippen LogP contribution in [0.2, 0.25) is 0 Å². The molecule has 0 fully saturated rings. The van der Waals surface area contributed by atoms with Gasteiger partial charge in [0.05, 0.1) is 11.4 Å². The zero-order chi connectivity index (χ0) is 14.9. The van der Waals surface area contributed by atoms with Gasteiger partial charge < -0.3 is 10.1 Å². The van der Waals surface area contributed by atoms with Crippen LogP contribution in [-0.4, -0.2) is 22.9 Å². The van der Waals surface area contributed by atoms with Crippen LogP contribution in [0.5, 0.6) is 5.75 Å². The minimum absolute atomic E-state index is 0.253. The van der Waals surface area contributed by atoms with Gasteiger partial charge in [-0.15, -0.1) is 13.2 Å². The van der Waals surface area contributed by atoms with Crippen LogP contribution in [0.4, 0.5) is 13.2 Å². The van der Waals surface area contributed by atoms with Gasteiger partial charge in [-0.1, -0.05) is 12.1 Å². The molecule has 0 atom stereocenters. The van der Waals surface area contributed by atoms with Crippen molar-refractivity contribution in [2.45, 2.75) is 19.3 Å². The lowest BCUT2D eigenvalue weighted by atomic mass is 10.00. The van der Waals surface area contributed by atoms with Gasteiger partial charge >= 0.3 is 6.36 Å². The van der Waals surface area contributed by atoms with Gasteiger partial charge in [0.15, 0.2) is 0 Å². The zero-order valence-corrected chi connectivity index (χ0v) is 10.9. The molecule has 2 aromatic rings. The topological polar surface area (TPSA) is 47.0 Å². The quantitative estimate of drug-likeness (QED) is 0.925. The summed E-state index contributed by atoms with van der Waals surface area (Å²) in [5, 5.41) is 3.18. The van der Waals surface area contributed by atoms with Crippen LogP contribution in [0, 0.1) is 0 Å². The highest BCUT2D eigenvalue weighted by Crippen LogP contribution is 2.35. The van der Waals surface area contributed by atoms with Crippen LogP contribution >= 0.6 is 0 Å². The van der Waals surface area contributed by atoms with E-state index in [9.17, 15) is 13.2 Å². The molecular formula is C14H12F3N3O. The molecule has 0 saturated carbocycles. The van der Waals surface area contributed by atoms with Gasteiger partial charge in [0.2, 0.25) is 0 Å². The molecule has 1 aliphatic heterocycles. The monoisotopic (exact) mass is 295 g/mol. The number of alkyl halides is 3. The number of hydrogen-bond donors (Lipinski definition) is 1. The molecule has 0 spiro atoms. The molecule has 110 valence electrons. The highest BCUT2D eigenvalue weighted by atomic mass is 19.4. The van der Waals surface area contributed by atoms with E-state index in [0.29, 0.717) is 17.8 Å². The van der Waals surface area contributed by atoms with Gasteiger partial charge in [-0.2, -0.15) is 0 Å². The van der Waals surface area contributed by atoms with Crippen molar-refractivity contribution in [3.8, 4) is 17.0 Å². The van der Waals surface area contributed by atoms with Crippen molar-refractivity contribution >= 4 is 0 Å². The molecule has 2 heterocycles.